The maximum Gasteiger partial charge on any atom is 0.313 e. The molecule has 1 aromatic heterocycles. The summed E-state index contributed by atoms with van der Waals surface area (Å²) >= 11 is 7.87. The van der Waals surface area contributed by atoms with Gasteiger partial charge in [0.25, 0.3) is 0 Å². The molecule has 1 aromatic carbocycles. The smallest absolute Gasteiger partial charge is 0.313 e. The monoisotopic (exact) mass is 321 g/mol. The molecule has 0 saturated heterocycles. The summed E-state index contributed by atoms with van der Waals surface area (Å²) in [4.78, 5) is 13.4. The van der Waals surface area contributed by atoms with Gasteiger partial charge in [0, 0.05) is 21.0 Å². The minimum atomic E-state index is -0.222. The zero-order valence-electron chi connectivity index (χ0n) is 11.7. The van der Waals surface area contributed by atoms with Crippen molar-refractivity contribution < 1.29 is 9.53 Å². The maximum atomic E-state index is 12.2. The lowest BCUT2D eigenvalue weighted by molar-refractivity contribution is -0.144. The predicted molar refractivity (Wildman–Crippen MR) is 86.9 cm³/mol. The molecule has 1 atom stereocenters. The van der Waals surface area contributed by atoms with Crippen LogP contribution in [-0.2, 0) is 16.0 Å². The highest BCUT2D eigenvalue weighted by Crippen LogP contribution is 2.50. The minimum Gasteiger partial charge on any atom is -0.466 e. The van der Waals surface area contributed by atoms with Gasteiger partial charge in [-0.1, -0.05) is 29.8 Å². The third-order valence-corrected chi connectivity index (χ3v) is 5.20. The number of hydrogen-bond donors (Lipinski definition) is 1. The summed E-state index contributed by atoms with van der Waals surface area (Å²) in [6, 6.07) is 7.60. The Morgan fingerprint density at radius 2 is 2.24 bits per heavy atom. The van der Waals surface area contributed by atoms with Gasteiger partial charge in [0.15, 0.2) is 0 Å². The van der Waals surface area contributed by atoms with Gasteiger partial charge in [-0.3, -0.25) is 4.79 Å². The molecule has 1 heterocycles. The Hall–Kier alpha value is -1.52. The molecule has 0 bridgehead atoms. The number of nitrogens with two attached hydrogens (primary N) is 1. The average molecular weight is 322 g/mol. The Bertz CT molecular complexity index is 696. The largest absolute Gasteiger partial charge is 0.466 e. The summed E-state index contributed by atoms with van der Waals surface area (Å²) in [6.07, 6.45) is 1.66. The number of hydrogen-bond acceptors (Lipinski definition) is 4. The number of halogens is 1. The van der Waals surface area contributed by atoms with Crippen molar-refractivity contribution in [3.05, 3.63) is 39.7 Å². The molecule has 0 saturated carbocycles. The number of benzene rings is 1. The SMILES string of the molecule is CCOC(=O)C1CCc2sc(N)c(-c3ccccc3Cl)c21. The van der Waals surface area contributed by atoms with Crippen molar-refractivity contribution in [3.63, 3.8) is 0 Å². The van der Waals surface area contributed by atoms with Gasteiger partial charge in [-0.05, 0) is 31.4 Å². The highest BCUT2D eigenvalue weighted by atomic mass is 35.5. The molecule has 1 unspecified atom stereocenters. The van der Waals surface area contributed by atoms with Gasteiger partial charge in [0.05, 0.1) is 17.5 Å². The van der Waals surface area contributed by atoms with E-state index in [9.17, 15) is 4.79 Å². The van der Waals surface area contributed by atoms with Crippen molar-refractivity contribution in [2.45, 2.75) is 25.7 Å². The predicted octanol–water partition coefficient (Wildman–Crippen LogP) is 4.24. The molecular weight excluding hydrogens is 306 g/mol. The zero-order chi connectivity index (χ0) is 15.0. The van der Waals surface area contributed by atoms with Crippen molar-refractivity contribution in [2.24, 2.45) is 0 Å². The molecule has 0 aliphatic heterocycles. The second kappa shape index (κ2) is 5.70. The van der Waals surface area contributed by atoms with E-state index in [0.29, 0.717) is 11.6 Å². The Balaban J connectivity index is 2.12. The first-order chi connectivity index (χ1) is 10.1. The van der Waals surface area contributed by atoms with Crippen LogP contribution in [0.15, 0.2) is 24.3 Å². The summed E-state index contributed by atoms with van der Waals surface area (Å²) in [5.41, 5.74) is 9.02. The van der Waals surface area contributed by atoms with Crippen molar-refractivity contribution >= 4 is 33.9 Å². The first-order valence-electron chi connectivity index (χ1n) is 6.96. The number of fused-ring (bicyclic) bond motifs is 1. The highest BCUT2D eigenvalue weighted by Gasteiger charge is 2.35. The molecular formula is C16H16ClNO2S. The van der Waals surface area contributed by atoms with Crippen molar-refractivity contribution in [3.8, 4) is 11.1 Å². The van der Waals surface area contributed by atoms with E-state index in [-0.39, 0.29) is 11.9 Å². The van der Waals surface area contributed by atoms with Crippen LogP contribution in [0.4, 0.5) is 5.00 Å². The van der Waals surface area contributed by atoms with Gasteiger partial charge in [-0.25, -0.2) is 0 Å². The average Bonchev–Trinajstić information content (AvgIpc) is 2.98. The molecule has 21 heavy (non-hydrogen) atoms. The molecule has 0 spiro atoms. The van der Waals surface area contributed by atoms with Gasteiger partial charge in [-0.2, -0.15) is 0 Å². The number of aryl methyl sites for hydroxylation is 1. The summed E-state index contributed by atoms with van der Waals surface area (Å²) in [5.74, 6) is -0.387. The number of esters is 1. The molecule has 1 aliphatic carbocycles. The third-order valence-electron chi connectivity index (χ3n) is 3.77. The first-order valence-corrected chi connectivity index (χ1v) is 8.15. The molecule has 110 valence electrons. The number of rotatable bonds is 3. The fourth-order valence-corrected chi connectivity index (χ4v) is 4.30. The Morgan fingerprint density at radius 1 is 1.48 bits per heavy atom. The molecule has 3 nitrogen and oxygen atoms in total. The third kappa shape index (κ3) is 2.43. The van der Waals surface area contributed by atoms with Crippen LogP contribution >= 0.6 is 22.9 Å². The topological polar surface area (TPSA) is 52.3 Å². The molecule has 2 N–H and O–H groups in total. The molecule has 5 heteroatoms. The Morgan fingerprint density at radius 3 is 2.95 bits per heavy atom. The summed E-state index contributed by atoms with van der Waals surface area (Å²) in [5, 5.41) is 1.38. The number of carbonyl (C=O) groups is 1. The molecule has 2 aromatic rings. The molecule has 1 aliphatic rings. The van der Waals surface area contributed by atoms with E-state index in [2.05, 4.69) is 0 Å². The van der Waals surface area contributed by atoms with Gasteiger partial charge >= 0.3 is 5.97 Å². The second-order valence-corrected chi connectivity index (χ2v) is 6.55. The van der Waals surface area contributed by atoms with Gasteiger partial charge < -0.3 is 10.5 Å². The van der Waals surface area contributed by atoms with Crippen LogP contribution in [0.25, 0.3) is 11.1 Å². The van der Waals surface area contributed by atoms with Crippen LogP contribution in [0.3, 0.4) is 0 Å². The zero-order valence-corrected chi connectivity index (χ0v) is 13.3. The van der Waals surface area contributed by atoms with Crippen molar-refractivity contribution in [1.29, 1.82) is 0 Å². The molecule has 0 radical (unpaired) electrons. The lowest BCUT2D eigenvalue weighted by Crippen LogP contribution is -2.14. The van der Waals surface area contributed by atoms with E-state index < -0.39 is 0 Å². The number of nitrogen functional groups attached to an aromatic ring is 1. The number of carbonyl (C=O) groups excluding carboxylic acids is 1. The van der Waals surface area contributed by atoms with E-state index in [4.69, 9.17) is 22.1 Å². The lowest BCUT2D eigenvalue weighted by Gasteiger charge is -2.13. The van der Waals surface area contributed by atoms with Crippen molar-refractivity contribution in [1.82, 2.24) is 0 Å². The summed E-state index contributed by atoms with van der Waals surface area (Å²) in [6.45, 7) is 2.22. The summed E-state index contributed by atoms with van der Waals surface area (Å²) in [7, 11) is 0. The fraction of sp³-hybridized carbons (Fsp3) is 0.312. The number of anilines is 1. The van der Waals surface area contributed by atoms with Crippen LogP contribution in [0.1, 0.15) is 29.7 Å². The van der Waals surface area contributed by atoms with Gasteiger partial charge in [-0.15, -0.1) is 11.3 Å². The molecule has 0 amide bonds. The van der Waals surface area contributed by atoms with E-state index >= 15 is 0 Å². The normalized spacial score (nSPS) is 16.8. The van der Waals surface area contributed by atoms with Gasteiger partial charge in [0.1, 0.15) is 0 Å². The fourth-order valence-electron chi connectivity index (χ4n) is 2.91. The minimum absolute atomic E-state index is 0.164. The van der Waals surface area contributed by atoms with E-state index in [0.717, 1.165) is 34.5 Å². The van der Waals surface area contributed by atoms with E-state index in [1.54, 1.807) is 11.3 Å². The van der Waals surface area contributed by atoms with Crippen molar-refractivity contribution in [2.75, 3.05) is 12.3 Å². The highest BCUT2D eigenvalue weighted by molar-refractivity contribution is 7.16. The quantitative estimate of drug-likeness (QED) is 0.860. The Kier molecular flexibility index (Phi) is 3.91. The van der Waals surface area contributed by atoms with Gasteiger partial charge in [0.2, 0.25) is 0 Å². The standard InChI is InChI=1S/C16H16ClNO2S/c1-2-20-16(19)10-7-8-12-13(10)14(15(18)21-12)9-5-3-4-6-11(9)17/h3-6,10H,2,7-8,18H2,1H3. The number of ether oxygens (including phenoxy) is 1. The van der Waals surface area contributed by atoms with Crippen LogP contribution < -0.4 is 5.73 Å². The van der Waals surface area contributed by atoms with E-state index in [1.165, 1.54) is 4.88 Å². The van der Waals surface area contributed by atoms with Crippen LogP contribution in [0, 0.1) is 0 Å². The summed E-state index contributed by atoms with van der Waals surface area (Å²) < 4.78 is 5.20. The van der Waals surface area contributed by atoms with Crippen LogP contribution in [0.2, 0.25) is 5.02 Å². The molecule has 0 fully saturated rings. The lowest BCUT2D eigenvalue weighted by atomic mass is 9.95. The molecule has 3 rings (SSSR count). The maximum absolute atomic E-state index is 12.2. The first kappa shape index (κ1) is 14.4. The van der Waals surface area contributed by atoms with Crippen LogP contribution in [-0.4, -0.2) is 12.6 Å². The van der Waals surface area contributed by atoms with Crippen LogP contribution in [0.5, 0.6) is 0 Å². The number of thiophene rings is 1. The van der Waals surface area contributed by atoms with E-state index in [1.807, 2.05) is 31.2 Å². The second-order valence-electron chi connectivity index (χ2n) is 5.00. The Labute approximate surface area is 132 Å².